The maximum atomic E-state index is 11.2. The van der Waals surface area contributed by atoms with Gasteiger partial charge in [-0.15, -0.1) is 0 Å². The molecule has 2 rings (SSSR count). The smallest absolute Gasteiger partial charge is 0.315 e. The van der Waals surface area contributed by atoms with Crippen LogP contribution in [0.15, 0.2) is 4.52 Å². The minimum absolute atomic E-state index is 0.0152. The quantitative estimate of drug-likeness (QED) is 0.651. The highest BCUT2D eigenvalue weighted by Crippen LogP contribution is 2.45. The van der Waals surface area contributed by atoms with E-state index < -0.39 is 5.91 Å². The van der Waals surface area contributed by atoms with E-state index in [4.69, 9.17) is 10.3 Å². The van der Waals surface area contributed by atoms with Gasteiger partial charge in [0.15, 0.2) is 5.82 Å². The lowest BCUT2D eigenvalue weighted by molar-refractivity contribution is 0.0911. The highest BCUT2D eigenvalue weighted by molar-refractivity contribution is 5.89. The van der Waals surface area contributed by atoms with E-state index in [2.05, 4.69) is 15.5 Å². The average molecular weight is 196 g/mol. The predicted molar refractivity (Wildman–Crippen MR) is 47.4 cm³/mol. The molecule has 1 saturated carbocycles. The molecule has 14 heavy (non-hydrogen) atoms. The number of carbonyl (C=O) groups excluding carboxylic acids is 1. The van der Waals surface area contributed by atoms with E-state index in [9.17, 15) is 4.79 Å². The summed E-state index contributed by atoms with van der Waals surface area (Å²) in [6, 6.07) is 0. The summed E-state index contributed by atoms with van der Waals surface area (Å²) in [5.74, 6) is 0.175. The van der Waals surface area contributed by atoms with Crippen molar-refractivity contribution in [3.63, 3.8) is 0 Å². The van der Waals surface area contributed by atoms with E-state index in [0.29, 0.717) is 5.82 Å². The number of amides is 1. The lowest BCUT2D eigenvalue weighted by atomic mass is 10.1. The Kier molecular flexibility index (Phi) is 1.99. The largest absolute Gasteiger partial charge is 0.335 e. The molecule has 1 aliphatic rings. The van der Waals surface area contributed by atoms with Gasteiger partial charge in [-0.1, -0.05) is 12.1 Å². The molecule has 1 aliphatic carbocycles. The fraction of sp³-hybridized carbons (Fsp3) is 0.625. The third-order valence-electron chi connectivity index (χ3n) is 2.42. The zero-order valence-electron chi connectivity index (χ0n) is 7.91. The Bertz CT molecular complexity index is 356. The van der Waals surface area contributed by atoms with Crippen molar-refractivity contribution < 1.29 is 9.32 Å². The van der Waals surface area contributed by atoms with Crippen molar-refractivity contribution in [3.05, 3.63) is 11.7 Å². The van der Waals surface area contributed by atoms with E-state index in [1.807, 2.05) is 6.92 Å². The first kappa shape index (κ1) is 9.14. The fourth-order valence-electron chi connectivity index (χ4n) is 1.14. The third-order valence-corrected chi connectivity index (χ3v) is 2.42. The van der Waals surface area contributed by atoms with Crippen LogP contribution in [0.4, 0.5) is 0 Å². The molecule has 6 nitrogen and oxygen atoms in total. The highest BCUT2D eigenvalue weighted by Gasteiger charge is 2.43. The van der Waals surface area contributed by atoms with Gasteiger partial charge in [0.05, 0.1) is 6.67 Å². The van der Waals surface area contributed by atoms with Crippen LogP contribution in [0.25, 0.3) is 0 Å². The van der Waals surface area contributed by atoms with Crippen molar-refractivity contribution in [3.8, 4) is 0 Å². The van der Waals surface area contributed by atoms with Crippen LogP contribution in [0.2, 0.25) is 0 Å². The minimum Gasteiger partial charge on any atom is -0.335 e. The molecule has 1 aromatic rings. The lowest BCUT2D eigenvalue weighted by Gasteiger charge is -1.97. The van der Waals surface area contributed by atoms with E-state index in [0.717, 1.165) is 12.8 Å². The molecule has 0 radical (unpaired) electrons. The number of rotatable bonds is 3. The van der Waals surface area contributed by atoms with Gasteiger partial charge in [0.1, 0.15) is 0 Å². The number of carbonyl (C=O) groups is 1. The highest BCUT2D eigenvalue weighted by atomic mass is 16.5. The molecule has 0 bridgehead atoms. The average Bonchev–Trinajstić information content (AvgIpc) is 2.72. The number of aromatic nitrogens is 2. The van der Waals surface area contributed by atoms with Crippen LogP contribution < -0.4 is 11.1 Å². The molecule has 3 N–H and O–H groups in total. The summed E-state index contributed by atoms with van der Waals surface area (Å²) in [7, 11) is 0. The Labute approximate surface area is 80.9 Å². The van der Waals surface area contributed by atoms with Crippen LogP contribution in [0.1, 0.15) is 36.3 Å². The first-order valence-electron chi connectivity index (χ1n) is 4.48. The van der Waals surface area contributed by atoms with Crippen molar-refractivity contribution in [2.75, 3.05) is 6.67 Å². The van der Waals surface area contributed by atoms with E-state index in [1.54, 1.807) is 0 Å². The standard InChI is InChI=1S/C8H12N4O2/c1-8(2-3-8)7-11-6(14-12-7)5(13)10-4-9/h2-4,9H2,1H3,(H,10,13). The maximum Gasteiger partial charge on any atom is 0.315 e. The van der Waals surface area contributed by atoms with Crippen molar-refractivity contribution in [2.24, 2.45) is 5.73 Å². The Balaban J connectivity index is 2.13. The molecule has 1 amide bonds. The van der Waals surface area contributed by atoms with E-state index in [-0.39, 0.29) is 18.0 Å². The van der Waals surface area contributed by atoms with Gasteiger partial charge >= 0.3 is 11.8 Å². The second kappa shape index (κ2) is 3.06. The second-order valence-electron chi connectivity index (χ2n) is 3.69. The second-order valence-corrected chi connectivity index (χ2v) is 3.69. The molecule has 0 spiro atoms. The van der Waals surface area contributed by atoms with Crippen molar-refractivity contribution in [1.29, 1.82) is 0 Å². The van der Waals surface area contributed by atoms with Gasteiger partial charge in [0, 0.05) is 5.41 Å². The first-order chi connectivity index (χ1) is 6.65. The summed E-state index contributed by atoms with van der Waals surface area (Å²) in [6.07, 6.45) is 2.09. The Morgan fingerprint density at radius 2 is 2.43 bits per heavy atom. The number of hydrogen-bond donors (Lipinski definition) is 2. The van der Waals surface area contributed by atoms with Crippen molar-refractivity contribution >= 4 is 5.91 Å². The summed E-state index contributed by atoms with van der Waals surface area (Å²) in [4.78, 5) is 15.2. The number of nitrogens with two attached hydrogens (primary N) is 1. The van der Waals surface area contributed by atoms with Crippen LogP contribution in [-0.4, -0.2) is 22.7 Å². The fourth-order valence-corrected chi connectivity index (χ4v) is 1.14. The molecule has 1 fully saturated rings. The van der Waals surface area contributed by atoms with Crippen molar-refractivity contribution in [2.45, 2.75) is 25.2 Å². The summed E-state index contributed by atoms with van der Waals surface area (Å²) < 4.78 is 4.82. The lowest BCUT2D eigenvalue weighted by Crippen LogP contribution is -2.29. The molecule has 0 saturated heterocycles. The maximum absolute atomic E-state index is 11.2. The molecule has 0 atom stereocenters. The van der Waals surface area contributed by atoms with Crippen LogP contribution in [0.3, 0.4) is 0 Å². The van der Waals surface area contributed by atoms with Gasteiger partial charge in [-0.05, 0) is 12.8 Å². The van der Waals surface area contributed by atoms with E-state index in [1.165, 1.54) is 0 Å². The van der Waals surface area contributed by atoms with Crippen LogP contribution >= 0.6 is 0 Å². The molecule has 1 aromatic heterocycles. The van der Waals surface area contributed by atoms with Gasteiger partial charge < -0.3 is 15.6 Å². The summed E-state index contributed by atoms with van der Waals surface area (Å²) in [5.41, 5.74) is 5.17. The van der Waals surface area contributed by atoms with Crippen LogP contribution in [0.5, 0.6) is 0 Å². The topological polar surface area (TPSA) is 94.0 Å². The van der Waals surface area contributed by atoms with Crippen LogP contribution in [-0.2, 0) is 5.41 Å². The SMILES string of the molecule is CC1(c2noc(C(=O)NCN)n2)CC1. The molecule has 0 aromatic carbocycles. The number of hydrogen-bond acceptors (Lipinski definition) is 5. The number of nitrogens with one attached hydrogen (secondary N) is 1. The Morgan fingerprint density at radius 1 is 1.71 bits per heavy atom. The number of nitrogens with zero attached hydrogens (tertiary/aromatic N) is 2. The normalized spacial score (nSPS) is 17.9. The zero-order valence-corrected chi connectivity index (χ0v) is 7.91. The zero-order chi connectivity index (χ0) is 10.2. The Morgan fingerprint density at radius 3 is 3.00 bits per heavy atom. The van der Waals surface area contributed by atoms with Crippen molar-refractivity contribution in [1.82, 2.24) is 15.5 Å². The summed E-state index contributed by atoms with van der Waals surface area (Å²) in [6.45, 7) is 2.11. The summed E-state index contributed by atoms with van der Waals surface area (Å²) >= 11 is 0. The molecule has 1 heterocycles. The van der Waals surface area contributed by atoms with Gasteiger partial charge in [-0.25, -0.2) is 0 Å². The van der Waals surface area contributed by atoms with Gasteiger partial charge in [-0.2, -0.15) is 4.98 Å². The molecule has 76 valence electrons. The summed E-state index contributed by atoms with van der Waals surface area (Å²) in [5, 5.41) is 6.16. The van der Waals surface area contributed by atoms with E-state index >= 15 is 0 Å². The van der Waals surface area contributed by atoms with Gasteiger partial charge in [-0.3, -0.25) is 4.79 Å². The van der Waals surface area contributed by atoms with Gasteiger partial charge in [0.25, 0.3) is 0 Å². The monoisotopic (exact) mass is 196 g/mol. The molecule has 0 aliphatic heterocycles. The molecule has 0 unspecified atom stereocenters. The first-order valence-corrected chi connectivity index (χ1v) is 4.48. The Hall–Kier alpha value is -1.43. The molecular formula is C8H12N4O2. The van der Waals surface area contributed by atoms with Crippen LogP contribution in [0, 0.1) is 0 Å². The predicted octanol–water partition coefficient (Wildman–Crippen LogP) is -0.233. The molecule has 6 heteroatoms. The molecular weight excluding hydrogens is 184 g/mol. The van der Waals surface area contributed by atoms with Gasteiger partial charge in [0.2, 0.25) is 0 Å². The third kappa shape index (κ3) is 1.48. The minimum atomic E-state index is -0.421.